The molecule has 0 spiro atoms. The van der Waals surface area contributed by atoms with Gasteiger partial charge in [-0.25, -0.2) is 0 Å². The van der Waals surface area contributed by atoms with Crippen LogP contribution < -0.4 is 15.5 Å². The van der Waals surface area contributed by atoms with E-state index in [2.05, 4.69) is 29.4 Å². The van der Waals surface area contributed by atoms with Crippen molar-refractivity contribution in [2.75, 3.05) is 24.5 Å². The van der Waals surface area contributed by atoms with Gasteiger partial charge in [0, 0.05) is 37.4 Å². The number of benzene rings is 2. The average Bonchev–Trinajstić information content (AvgIpc) is 2.82. The van der Waals surface area contributed by atoms with Crippen LogP contribution in [0.15, 0.2) is 60.7 Å². The van der Waals surface area contributed by atoms with Gasteiger partial charge in [-0.15, -0.1) is 0 Å². The lowest BCUT2D eigenvalue weighted by molar-refractivity contribution is -0.117. The fourth-order valence-corrected chi connectivity index (χ4v) is 3.70. The third-order valence-corrected chi connectivity index (χ3v) is 5.87. The van der Waals surface area contributed by atoms with E-state index in [0.717, 1.165) is 49.2 Å². The van der Waals surface area contributed by atoms with Crippen LogP contribution in [0.2, 0.25) is 0 Å². The number of rotatable bonds is 8. The van der Waals surface area contributed by atoms with Crippen molar-refractivity contribution in [3.05, 3.63) is 71.8 Å². The molecule has 5 heteroatoms. The Hall–Kier alpha value is -3.08. The van der Waals surface area contributed by atoms with Crippen molar-refractivity contribution in [3.63, 3.8) is 0 Å². The summed E-state index contributed by atoms with van der Waals surface area (Å²) in [5, 5.41) is 6.17. The molecule has 1 aliphatic rings. The third kappa shape index (κ3) is 6.71. The minimum absolute atomic E-state index is 0.0163. The molecule has 0 saturated carbocycles. The molecule has 1 heterocycles. The van der Waals surface area contributed by atoms with Gasteiger partial charge in [0.05, 0.1) is 5.56 Å². The maximum absolute atomic E-state index is 12.7. The van der Waals surface area contributed by atoms with Crippen LogP contribution in [0.4, 0.5) is 5.69 Å². The zero-order valence-corrected chi connectivity index (χ0v) is 18.5. The number of para-hydroxylation sites is 1. The molecule has 1 saturated heterocycles. The Balaban J connectivity index is 1.53. The molecule has 0 aromatic heterocycles. The lowest BCUT2D eigenvalue weighted by Crippen LogP contribution is -2.44. The zero-order valence-electron chi connectivity index (χ0n) is 18.5. The highest BCUT2D eigenvalue weighted by molar-refractivity contribution is 5.99. The molecule has 5 nitrogen and oxygen atoms in total. The molecule has 1 aliphatic heterocycles. The van der Waals surface area contributed by atoms with Crippen LogP contribution in [0, 0.1) is 5.92 Å². The molecule has 0 radical (unpaired) electrons. The first kappa shape index (κ1) is 22.6. The first-order chi connectivity index (χ1) is 15.1. The molecule has 164 valence electrons. The van der Waals surface area contributed by atoms with Gasteiger partial charge in [-0.2, -0.15) is 0 Å². The second-order valence-electron chi connectivity index (χ2n) is 8.25. The van der Waals surface area contributed by atoms with Crippen molar-refractivity contribution in [1.29, 1.82) is 0 Å². The second kappa shape index (κ2) is 11.3. The predicted octanol–water partition coefficient (Wildman–Crippen LogP) is 4.26. The van der Waals surface area contributed by atoms with Gasteiger partial charge in [-0.05, 0) is 42.5 Å². The Kier molecular flexibility index (Phi) is 8.27. The van der Waals surface area contributed by atoms with Gasteiger partial charge in [0.25, 0.3) is 5.91 Å². The molecular weight excluding hydrogens is 386 g/mol. The average molecular weight is 420 g/mol. The number of anilines is 1. The Morgan fingerprint density at radius 3 is 2.45 bits per heavy atom. The second-order valence-corrected chi connectivity index (χ2v) is 8.25. The Labute approximate surface area is 185 Å². The van der Waals surface area contributed by atoms with Crippen LogP contribution in [0.1, 0.15) is 49.0 Å². The monoisotopic (exact) mass is 419 g/mol. The number of nitrogens with zero attached hydrogens (tertiary/aromatic N) is 1. The lowest BCUT2D eigenvalue weighted by Gasteiger charge is -2.34. The van der Waals surface area contributed by atoms with Crippen molar-refractivity contribution < 1.29 is 9.59 Å². The zero-order chi connectivity index (χ0) is 22.1. The van der Waals surface area contributed by atoms with Crippen LogP contribution in [0.3, 0.4) is 0 Å². The summed E-state index contributed by atoms with van der Waals surface area (Å²) in [6.07, 6.45) is 6.18. The van der Waals surface area contributed by atoms with Crippen molar-refractivity contribution in [2.45, 2.75) is 39.2 Å². The van der Waals surface area contributed by atoms with E-state index in [4.69, 9.17) is 0 Å². The summed E-state index contributed by atoms with van der Waals surface area (Å²) >= 11 is 0. The molecule has 1 fully saturated rings. The summed E-state index contributed by atoms with van der Waals surface area (Å²) in [4.78, 5) is 27.2. The topological polar surface area (TPSA) is 61.4 Å². The maximum atomic E-state index is 12.7. The number of carbonyl (C=O) groups excluding carboxylic acids is 2. The quantitative estimate of drug-likeness (QED) is 0.629. The molecule has 3 rings (SSSR count). The highest BCUT2D eigenvalue weighted by Gasteiger charge is 2.23. The minimum Gasteiger partial charge on any atom is -0.371 e. The van der Waals surface area contributed by atoms with Gasteiger partial charge in [-0.3, -0.25) is 9.59 Å². The van der Waals surface area contributed by atoms with E-state index < -0.39 is 0 Å². The van der Waals surface area contributed by atoms with E-state index in [0.29, 0.717) is 12.5 Å². The van der Waals surface area contributed by atoms with E-state index in [-0.39, 0.29) is 17.9 Å². The normalized spacial score (nSPS) is 15.6. The summed E-state index contributed by atoms with van der Waals surface area (Å²) in [7, 11) is 0. The van der Waals surface area contributed by atoms with Crippen molar-refractivity contribution in [1.82, 2.24) is 10.6 Å². The smallest absolute Gasteiger partial charge is 0.253 e. The largest absolute Gasteiger partial charge is 0.371 e. The maximum Gasteiger partial charge on any atom is 0.253 e. The number of carbonyl (C=O) groups is 2. The summed E-state index contributed by atoms with van der Waals surface area (Å²) in [5.41, 5.74) is 2.70. The molecule has 2 N–H and O–H groups in total. The molecule has 31 heavy (non-hydrogen) atoms. The highest BCUT2D eigenvalue weighted by Crippen LogP contribution is 2.24. The van der Waals surface area contributed by atoms with Crippen LogP contribution in [0.5, 0.6) is 0 Å². The van der Waals surface area contributed by atoms with E-state index in [1.165, 1.54) is 0 Å². The van der Waals surface area contributed by atoms with E-state index in [9.17, 15) is 9.59 Å². The van der Waals surface area contributed by atoms with Gasteiger partial charge in [0.2, 0.25) is 5.91 Å². The van der Waals surface area contributed by atoms with Gasteiger partial charge in [-0.1, -0.05) is 62.7 Å². The van der Waals surface area contributed by atoms with Crippen LogP contribution >= 0.6 is 0 Å². The molecule has 2 aromatic rings. The van der Waals surface area contributed by atoms with Crippen molar-refractivity contribution in [2.24, 2.45) is 5.92 Å². The predicted molar refractivity (Wildman–Crippen MR) is 127 cm³/mol. The Morgan fingerprint density at radius 1 is 1.06 bits per heavy atom. The third-order valence-electron chi connectivity index (χ3n) is 5.87. The molecule has 0 aliphatic carbocycles. The van der Waals surface area contributed by atoms with Crippen LogP contribution in [-0.2, 0) is 4.79 Å². The first-order valence-corrected chi connectivity index (χ1v) is 11.2. The van der Waals surface area contributed by atoms with E-state index >= 15 is 0 Å². The first-order valence-electron chi connectivity index (χ1n) is 11.2. The number of nitrogens with one attached hydrogen (secondary N) is 2. The Morgan fingerprint density at radius 2 is 1.74 bits per heavy atom. The van der Waals surface area contributed by atoms with Gasteiger partial charge in [0.1, 0.15) is 0 Å². The summed E-state index contributed by atoms with van der Waals surface area (Å²) in [5.74, 6) is 0.385. The standard InChI is InChI=1S/C26H33N3O2/c1-3-20(2)19-27-26(31)23-11-7-8-12-24(23)29-17-15-22(16-18-29)28-25(30)14-13-21-9-5-4-6-10-21/h4-14,20,22H,3,15-19H2,1-2H3,(H,27,31)(H,28,30)/b14-13+/t20-/m0/s1. The SMILES string of the molecule is CC[C@H](C)CNC(=O)c1ccccc1N1CCC(NC(=O)/C=C/c2ccccc2)CC1. The van der Waals surface area contributed by atoms with Gasteiger partial charge in [0.15, 0.2) is 0 Å². The fraction of sp³-hybridized carbons (Fsp3) is 0.385. The van der Waals surface area contributed by atoms with Gasteiger partial charge < -0.3 is 15.5 Å². The summed E-state index contributed by atoms with van der Waals surface area (Å²) in [6.45, 7) is 6.58. The lowest BCUT2D eigenvalue weighted by atomic mass is 10.0. The van der Waals surface area contributed by atoms with Crippen LogP contribution in [-0.4, -0.2) is 37.5 Å². The summed E-state index contributed by atoms with van der Waals surface area (Å²) in [6, 6.07) is 17.7. The van der Waals surface area contributed by atoms with Gasteiger partial charge >= 0.3 is 0 Å². The van der Waals surface area contributed by atoms with Crippen LogP contribution in [0.25, 0.3) is 6.08 Å². The molecular formula is C26H33N3O2. The fourth-order valence-electron chi connectivity index (χ4n) is 3.70. The minimum atomic E-state index is -0.0628. The molecule has 0 bridgehead atoms. The van der Waals surface area contributed by atoms with Crippen molar-refractivity contribution in [3.8, 4) is 0 Å². The molecule has 2 aromatic carbocycles. The van der Waals surface area contributed by atoms with E-state index in [1.807, 2.05) is 60.7 Å². The molecule has 2 amide bonds. The highest BCUT2D eigenvalue weighted by atomic mass is 16.2. The number of amides is 2. The molecule has 0 unspecified atom stereocenters. The summed E-state index contributed by atoms with van der Waals surface area (Å²) < 4.78 is 0. The van der Waals surface area contributed by atoms with E-state index in [1.54, 1.807) is 6.08 Å². The number of piperidine rings is 1. The number of hydrogen-bond acceptors (Lipinski definition) is 3. The molecule has 1 atom stereocenters. The Bertz CT molecular complexity index is 887. The van der Waals surface area contributed by atoms with Crippen molar-refractivity contribution >= 4 is 23.6 Å². The number of hydrogen-bond donors (Lipinski definition) is 2.